The third-order valence-electron chi connectivity index (χ3n) is 4.07. The number of halogens is 1. The van der Waals surface area contributed by atoms with E-state index < -0.39 is 0 Å². The molecule has 7 heteroatoms. The van der Waals surface area contributed by atoms with Gasteiger partial charge in [0.05, 0.1) is 15.2 Å². The molecular weight excluding hydrogens is 330 g/mol. The molecule has 0 N–H and O–H groups in total. The van der Waals surface area contributed by atoms with Crippen LogP contribution >= 0.6 is 22.9 Å². The number of fused-ring (bicyclic) bond motifs is 1. The first-order chi connectivity index (χ1) is 11.2. The second kappa shape index (κ2) is 5.94. The van der Waals surface area contributed by atoms with E-state index in [0.29, 0.717) is 0 Å². The minimum Gasteiger partial charge on any atom is -0.345 e. The van der Waals surface area contributed by atoms with E-state index in [1.54, 1.807) is 23.7 Å². The van der Waals surface area contributed by atoms with Crippen LogP contribution in [0.1, 0.15) is 5.56 Å². The zero-order chi connectivity index (χ0) is 15.8. The van der Waals surface area contributed by atoms with Crippen LogP contribution < -0.4 is 9.80 Å². The van der Waals surface area contributed by atoms with Crippen molar-refractivity contribution in [3.63, 3.8) is 0 Å². The Morgan fingerprint density at radius 3 is 2.43 bits per heavy atom. The number of aromatic nitrogens is 3. The molecule has 3 aromatic rings. The van der Waals surface area contributed by atoms with Crippen molar-refractivity contribution < 1.29 is 0 Å². The third kappa shape index (κ3) is 2.72. The molecule has 23 heavy (non-hydrogen) atoms. The molecule has 0 unspecified atom stereocenters. The molecule has 0 bridgehead atoms. The maximum absolute atomic E-state index is 6.31. The summed E-state index contributed by atoms with van der Waals surface area (Å²) in [6.45, 7) is 5.69. The van der Waals surface area contributed by atoms with Crippen molar-refractivity contribution in [1.29, 1.82) is 0 Å². The smallest absolute Gasteiger partial charge is 0.225 e. The molecule has 118 valence electrons. The van der Waals surface area contributed by atoms with Gasteiger partial charge in [0.1, 0.15) is 0 Å². The molecule has 1 aromatic carbocycles. The Kier molecular flexibility index (Phi) is 3.79. The van der Waals surface area contributed by atoms with Gasteiger partial charge in [-0.25, -0.2) is 15.0 Å². The molecule has 3 heterocycles. The average Bonchev–Trinajstić information content (AvgIpc) is 3.06. The normalized spacial score (nSPS) is 15.4. The predicted octanol–water partition coefficient (Wildman–Crippen LogP) is 3.37. The molecule has 2 aromatic heterocycles. The summed E-state index contributed by atoms with van der Waals surface area (Å²) in [5.41, 5.74) is 2.19. The average molecular weight is 346 g/mol. The van der Waals surface area contributed by atoms with Gasteiger partial charge in [0, 0.05) is 38.6 Å². The van der Waals surface area contributed by atoms with E-state index in [2.05, 4.69) is 26.7 Å². The van der Waals surface area contributed by atoms with Crippen molar-refractivity contribution in [3.8, 4) is 0 Å². The number of thiazole rings is 1. The van der Waals surface area contributed by atoms with Gasteiger partial charge in [-0.2, -0.15) is 0 Å². The number of piperazine rings is 1. The molecule has 4 rings (SSSR count). The van der Waals surface area contributed by atoms with Crippen LogP contribution in [0, 0.1) is 6.92 Å². The summed E-state index contributed by atoms with van der Waals surface area (Å²) in [6, 6.07) is 5.82. The van der Waals surface area contributed by atoms with E-state index in [0.717, 1.165) is 52.5 Å². The molecule has 1 aliphatic heterocycles. The lowest BCUT2D eigenvalue weighted by atomic mass is 10.2. The van der Waals surface area contributed by atoms with Gasteiger partial charge in [-0.1, -0.05) is 29.0 Å². The molecule has 5 nitrogen and oxygen atoms in total. The molecule has 0 radical (unpaired) electrons. The van der Waals surface area contributed by atoms with Crippen LogP contribution in [0.25, 0.3) is 10.2 Å². The molecule has 0 saturated carbocycles. The molecule has 1 saturated heterocycles. The Balaban J connectivity index is 1.55. The van der Waals surface area contributed by atoms with Crippen LogP contribution in [0.3, 0.4) is 0 Å². The van der Waals surface area contributed by atoms with E-state index >= 15 is 0 Å². The van der Waals surface area contributed by atoms with Crippen molar-refractivity contribution in [2.45, 2.75) is 6.92 Å². The fourth-order valence-electron chi connectivity index (χ4n) is 2.78. The van der Waals surface area contributed by atoms with Crippen molar-refractivity contribution in [3.05, 3.63) is 41.2 Å². The highest BCUT2D eigenvalue weighted by atomic mass is 35.5. The maximum Gasteiger partial charge on any atom is 0.225 e. The fourth-order valence-corrected chi connectivity index (χ4v) is 4.15. The number of nitrogens with zero attached hydrogens (tertiary/aromatic N) is 5. The highest BCUT2D eigenvalue weighted by Gasteiger charge is 2.22. The molecule has 0 atom stereocenters. The number of hydrogen-bond donors (Lipinski definition) is 0. The Labute approximate surface area is 143 Å². The lowest BCUT2D eigenvalue weighted by Crippen LogP contribution is -2.47. The molecule has 0 aliphatic carbocycles. The number of rotatable bonds is 2. The minimum absolute atomic E-state index is 0.783. The maximum atomic E-state index is 6.31. The first-order valence-electron chi connectivity index (χ1n) is 7.55. The standard InChI is InChI=1S/C16H16ClN5S/c1-11-3-4-12(17)14-13(11)20-16(23-14)22-9-7-21(8-10-22)15-18-5-2-6-19-15/h2-6H,7-10H2,1H3. The lowest BCUT2D eigenvalue weighted by Gasteiger charge is -2.34. The highest BCUT2D eigenvalue weighted by molar-refractivity contribution is 7.22. The predicted molar refractivity (Wildman–Crippen MR) is 95.8 cm³/mol. The lowest BCUT2D eigenvalue weighted by molar-refractivity contribution is 0.639. The first kappa shape index (κ1) is 14.7. The summed E-state index contributed by atoms with van der Waals surface area (Å²) in [5, 5.41) is 1.83. The van der Waals surface area contributed by atoms with Crippen LogP contribution in [0.2, 0.25) is 5.02 Å². The Morgan fingerprint density at radius 2 is 1.74 bits per heavy atom. The number of aryl methyl sites for hydroxylation is 1. The SMILES string of the molecule is Cc1ccc(Cl)c2sc(N3CCN(c4ncccn4)CC3)nc12. The van der Waals surface area contributed by atoms with Crippen molar-refractivity contribution in [2.24, 2.45) is 0 Å². The molecular formula is C16H16ClN5S. The largest absolute Gasteiger partial charge is 0.345 e. The fraction of sp³-hybridized carbons (Fsp3) is 0.312. The monoisotopic (exact) mass is 345 g/mol. The zero-order valence-corrected chi connectivity index (χ0v) is 14.3. The minimum atomic E-state index is 0.783. The summed E-state index contributed by atoms with van der Waals surface area (Å²) >= 11 is 7.99. The number of anilines is 2. The van der Waals surface area contributed by atoms with Gasteiger partial charge in [-0.3, -0.25) is 0 Å². The summed E-state index contributed by atoms with van der Waals surface area (Å²) in [5.74, 6) is 0.801. The molecule has 0 spiro atoms. The Bertz CT molecular complexity index is 788. The van der Waals surface area contributed by atoms with Crippen LogP contribution in [0.5, 0.6) is 0 Å². The Morgan fingerprint density at radius 1 is 1.04 bits per heavy atom. The highest BCUT2D eigenvalue weighted by Crippen LogP contribution is 2.35. The van der Waals surface area contributed by atoms with Crippen molar-refractivity contribution >= 4 is 44.2 Å². The summed E-state index contributed by atoms with van der Waals surface area (Å²) < 4.78 is 1.08. The van der Waals surface area contributed by atoms with Gasteiger partial charge in [0.25, 0.3) is 0 Å². The van der Waals surface area contributed by atoms with Gasteiger partial charge < -0.3 is 9.80 Å². The van der Waals surface area contributed by atoms with Gasteiger partial charge in [0.2, 0.25) is 5.95 Å². The summed E-state index contributed by atoms with van der Waals surface area (Å²) in [6.07, 6.45) is 3.57. The quantitative estimate of drug-likeness (QED) is 0.712. The van der Waals surface area contributed by atoms with Gasteiger partial charge in [0.15, 0.2) is 5.13 Å². The second-order valence-electron chi connectivity index (χ2n) is 5.56. The molecule has 1 aliphatic rings. The van der Waals surface area contributed by atoms with Gasteiger partial charge >= 0.3 is 0 Å². The van der Waals surface area contributed by atoms with Gasteiger partial charge in [-0.05, 0) is 24.6 Å². The Hall–Kier alpha value is -1.92. The second-order valence-corrected chi connectivity index (χ2v) is 6.95. The number of benzene rings is 1. The van der Waals surface area contributed by atoms with E-state index in [-0.39, 0.29) is 0 Å². The van der Waals surface area contributed by atoms with Crippen molar-refractivity contribution in [2.75, 3.05) is 36.0 Å². The third-order valence-corrected chi connectivity index (χ3v) is 5.65. The number of hydrogen-bond acceptors (Lipinski definition) is 6. The summed E-state index contributed by atoms with van der Waals surface area (Å²) in [7, 11) is 0. The van der Waals surface area contributed by atoms with E-state index in [4.69, 9.17) is 16.6 Å². The topological polar surface area (TPSA) is 45.2 Å². The first-order valence-corrected chi connectivity index (χ1v) is 8.74. The molecule has 0 amide bonds. The van der Waals surface area contributed by atoms with Crippen LogP contribution in [0.4, 0.5) is 11.1 Å². The van der Waals surface area contributed by atoms with Crippen LogP contribution in [0.15, 0.2) is 30.6 Å². The van der Waals surface area contributed by atoms with Crippen molar-refractivity contribution in [1.82, 2.24) is 15.0 Å². The van der Waals surface area contributed by atoms with E-state index in [1.807, 2.05) is 18.2 Å². The molecule has 1 fully saturated rings. The summed E-state index contributed by atoms with van der Waals surface area (Å²) in [4.78, 5) is 18.0. The van der Waals surface area contributed by atoms with Crippen LogP contribution in [-0.2, 0) is 0 Å². The van der Waals surface area contributed by atoms with Crippen LogP contribution in [-0.4, -0.2) is 41.1 Å². The van der Waals surface area contributed by atoms with Gasteiger partial charge in [-0.15, -0.1) is 0 Å². The van der Waals surface area contributed by atoms with E-state index in [9.17, 15) is 0 Å². The zero-order valence-electron chi connectivity index (χ0n) is 12.7. The van der Waals surface area contributed by atoms with E-state index in [1.165, 1.54) is 5.56 Å².